The Morgan fingerprint density at radius 1 is 1.06 bits per heavy atom. The molecule has 0 fully saturated rings. The lowest BCUT2D eigenvalue weighted by Gasteiger charge is -2.37. The first-order valence-corrected chi connectivity index (χ1v) is 10.6. The SMILES string of the molecule is COc1c(-c2coc3cc4c(cc3c2=O)C[C@@H](O)C(C)(C)O4)ccc2c1C=CC(C)(C)O2. The number of hydrogen-bond donors (Lipinski definition) is 1. The minimum absolute atomic E-state index is 0.173. The third kappa shape index (κ3) is 3.17. The van der Waals surface area contributed by atoms with Gasteiger partial charge in [-0.05, 0) is 63.6 Å². The quantitative estimate of drug-likeness (QED) is 0.628. The van der Waals surface area contributed by atoms with Crippen LogP contribution in [-0.4, -0.2) is 29.5 Å². The van der Waals surface area contributed by atoms with E-state index in [1.807, 2.05) is 52.0 Å². The molecule has 0 saturated carbocycles. The molecule has 5 rings (SSSR count). The fourth-order valence-electron chi connectivity index (χ4n) is 4.31. The third-order valence-corrected chi connectivity index (χ3v) is 6.22. The number of ether oxygens (including phenoxy) is 3. The fourth-order valence-corrected chi connectivity index (χ4v) is 4.31. The summed E-state index contributed by atoms with van der Waals surface area (Å²) in [4.78, 5) is 13.5. The van der Waals surface area contributed by atoms with E-state index < -0.39 is 17.3 Å². The van der Waals surface area contributed by atoms with Crippen LogP contribution in [0.3, 0.4) is 0 Å². The molecule has 166 valence electrons. The molecule has 0 saturated heterocycles. The van der Waals surface area contributed by atoms with Crippen LogP contribution in [0.15, 0.2) is 45.8 Å². The Hall–Kier alpha value is -3.25. The molecule has 0 radical (unpaired) electrons. The smallest absolute Gasteiger partial charge is 0.200 e. The Labute approximate surface area is 186 Å². The van der Waals surface area contributed by atoms with Crippen molar-refractivity contribution in [1.29, 1.82) is 0 Å². The van der Waals surface area contributed by atoms with E-state index in [9.17, 15) is 9.90 Å². The predicted molar refractivity (Wildman–Crippen MR) is 123 cm³/mol. The number of methoxy groups -OCH3 is 1. The second-order valence-electron chi connectivity index (χ2n) is 9.46. The van der Waals surface area contributed by atoms with Crippen LogP contribution >= 0.6 is 0 Å². The number of benzene rings is 2. The minimum atomic E-state index is -0.707. The number of hydrogen-bond acceptors (Lipinski definition) is 6. The van der Waals surface area contributed by atoms with E-state index in [1.165, 1.54) is 6.26 Å². The van der Waals surface area contributed by atoms with Crippen LogP contribution in [0.1, 0.15) is 38.8 Å². The highest BCUT2D eigenvalue weighted by Gasteiger charge is 2.36. The van der Waals surface area contributed by atoms with Crippen molar-refractivity contribution in [3.05, 3.63) is 58.0 Å². The van der Waals surface area contributed by atoms with Crippen molar-refractivity contribution >= 4 is 17.0 Å². The molecule has 1 atom stereocenters. The molecular formula is C26H26O6. The zero-order chi connectivity index (χ0) is 22.8. The van der Waals surface area contributed by atoms with Crippen LogP contribution in [0.4, 0.5) is 0 Å². The molecule has 1 aromatic heterocycles. The van der Waals surface area contributed by atoms with Gasteiger partial charge in [-0.3, -0.25) is 4.79 Å². The van der Waals surface area contributed by atoms with Gasteiger partial charge in [0.05, 0.1) is 29.7 Å². The number of rotatable bonds is 2. The Morgan fingerprint density at radius 2 is 1.84 bits per heavy atom. The largest absolute Gasteiger partial charge is 0.495 e. The maximum atomic E-state index is 13.5. The minimum Gasteiger partial charge on any atom is -0.495 e. The summed E-state index contributed by atoms with van der Waals surface area (Å²) in [5, 5.41) is 10.8. The lowest BCUT2D eigenvalue weighted by Crippen LogP contribution is -2.46. The highest BCUT2D eigenvalue weighted by Crippen LogP contribution is 2.43. The molecule has 32 heavy (non-hydrogen) atoms. The van der Waals surface area contributed by atoms with E-state index in [1.54, 1.807) is 19.2 Å². The van der Waals surface area contributed by atoms with Crippen LogP contribution in [0.2, 0.25) is 0 Å². The lowest BCUT2D eigenvalue weighted by atomic mass is 9.90. The van der Waals surface area contributed by atoms with E-state index in [0.29, 0.717) is 45.8 Å². The van der Waals surface area contributed by atoms with Gasteiger partial charge in [0.15, 0.2) is 0 Å². The predicted octanol–water partition coefficient (Wildman–Crippen LogP) is 4.73. The van der Waals surface area contributed by atoms with Crippen molar-refractivity contribution in [2.75, 3.05) is 7.11 Å². The van der Waals surface area contributed by atoms with E-state index in [2.05, 4.69) is 0 Å². The first-order valence-electron chi connectivity index (χ1n) is 10.6. The topological polar surface area (TPSA) is 78.1 Å². The molecule has 6 nitrogen and oxygen atoms in total. The van der Waals surface area contributed by atoms with Gasteiger partial charge in [-0.1, -0.05) is 0 Å². The zero-order valence-corrected chi connectivity index (χ0v) is 18.8. The van der Waals surface area contributed by atoms with Crippen molar-refractivity contribution in [3.63, 3.8) is 0 Å². The summed E-state index contributed by atoms with van der Waals surface area (Å²) >= 11 is 0. The molecule has 2 aliphatic heterocycles. The summed E-state index contributed by atoms with van der Waals surface area (Å²) in [5.74, 6) is 1.88. The molecule has 3 aromatic rings. The maximum Gasteiger partial charge on any atom is 0.200 e. The Balaban J connectivity index is 1.67. The van der Waals surface area contributed by atoms with E-state index >= 15 is 0 Å². The Kier molecular flexibility index (Phi) is 4.43. The molecule has 0 spiro atoms. The first-order chi connectivity index (χ1) is 15.1. The van der Waals surface area contributed by atoms with Crippen LogP contribution in [0.25, 0.3) is 28.2 Å². The van der Waals surface area contributed by atoms with Gasteiger partial charge in [0, 0.05) is 18.1 Å². The molecule has 0 bridgehead atoms. The molecule has 6 heteroatoms. The standard InChI is InChI=1S/C26H26O6/c1-25(2)9-8-16-19(31-25)7-6-15(24(16)29-5)18-13-30-21-12-20-14(10-17(21)23(18)28)11-22(27)26(3,4)32-20/h6-10,12-13,22,27H,11H2,1-5H3/t22-/m1/s1. The summed E-state index contributed by atoms with van der Waals surface area (Å²) in [7, 11) is 1.58. The first kappa shape index (κ1) is 20.6. The molecule has 0 aliphatic carbocycles. The molecule has 1 N–H and O–H groups in total. The van der Waals surface area contributed by atoms with Gasteiger partial charge in [0.25, 0.3) is 0 Å². The van der Waals surface area contributed by atoms with Crippen LogP contribution < -0.4 is 19.6 Å². The second-order valence-corrected chi connectivity index (χ2v) is 9.46. The van der Waals surface area contributed by atoms with E-state index in [-0.39, 0.29) is 5.43 Å². The zero-order valence-electron chi connectivity index (χ0n) is 18.8. The van der Waals surface area contributed by atoms with Crippen molar-refractivity contribution in [1.82, 2.24) is 0 Å². The molecule has 2 aliphatic rings. The molecular weight excluding hydrogens is 408 g/mol. The van der Waals surface area contributed by atoms with Gasteiger partial charge >= 0.3 is 0 Å². The summed E-state index contributed by atoms with van der Waals surface area (Å²) in [6.07, 6.45) is 5.12. The van der Waals surface area contributed by atoms with E-state index in [0.717, 1.165) is 11.1 Å². The maximum absolute atomic E-state index is 13.5. The number of aliphatic hydroxyl groups is 1. The summed E-state index contributed by atoms with van der Waals surface area (Å²) < 4.78 is 23.6. The van der Waals surface area contributed by atoms with Crippen LogP contribution in [0.5, 0.6) is 17.2 Å². The van der Waals surface area contributed by atoms with Crippen molar-refractivity contribution in [2.45, 2.75) is 51.4 Å². The van der Waals surface area contributed by atoms with Crippen molar-refractivity contribution < 1.29 is 23.7 Å². The number of fused-ring (bicyclic) bond motifs is 3. The Bertz CT molecular complexity index is 1330. The Morgan fingerprint density at radius 3 is 2.59 bits per heavy atom. The molecule has 0 amide bonds. The normalized spacial score (nSPS) is 20.1. The molecule has 0 unspecified atom stereocenters. The summed E-state index contributed by atoms with van der Waals surface area (Å²) in [6, 6.07) is 7.15. The summed E-state index contributed by atoms with van der Waals surface area (Å²) in [6.45, 7) is 7.64. The second kappa shape index (κ2) is 6.87. The molecule has 3 heterocycles. The van der Waals surface area contributed by atoms with Gasteiger partial charge in [-0.2, -0.15) is 0 Å². The average molecular weight is 434 g/mol. The summed E-state index contributed by atoms with van der Waals surface area (Å²) in [5.41, 5.74) is 1.73. The van der Waals surface area contributed by atoms with Gasteiger partial charge < -0.3 is 23.7 Å². The number of aliphatic hydroxyl groups excluding tert-OH is 1. The van der Waals surface area contributed by atoms with Gasteiger partial charge in [0.2, 0.25) is 5.43 Å². The van der Waals surface area contributed by atoms with Crippen LogP contribution in [0, 0.1) is 0 Å². The van der Waals surface area contributed by atoms with E-state index in [4.69, 9.17) is 18.6 Å². The van der Waals surface area contributed by atoms with Gasteiger partial charge in [0.1, 0.15) is 40.3 Å². The molecule has 2 aromatic carbocycles. The third-order valence-electron chi connectivity index (χ3n) is 6.22. The van der Waals surface area contributed by atoms with Crippen molar-refractivity contribution in [3.8, 4) is 28.4 Å². The van der Waals surface area contributed by atoms with Gasteiger partial charge in [-0.25, -0.2) is 0 Å². The average Bonchev–Trinajstić information content (AvgIpc) is 2.72. The fraction of sp³-hybridized carbons (Fsp3) is 0.346. The van der Waals surface area contributed by atoms with Crippen molar-refractivity contribution in [2.24, 2.45) is 0 Å². The monoisotopic (exact) mass is 434 g/mol. The van der Waals surface area contributed by atoms with Crippen LogP contribution in [-0.2, 0) is 6.42 Å². The lowest BCUT2D eigenvalue weighted by molar-refractivity contribution is -0.0410. The highest BCUT2D eigenvalue weighted by molar-refractivity contribution is 5.87. The van der Waals surface area contributed by atoms with Gasteiger partial charge in [-0.15, -0.1) is 0 Å². The highest BCUT2D eigenvalue weighted by atomic mass is 16.5.